The quantitative estimate of drug-likeness (QED) is 0.846. The molecule has 0 radical (unpaired) electrons. The predicted molar refractivity (Wildman–Crippen MR) is 86.6 cm³/mol. The third-order valence-electron chi connectivity index (χ3n) is 3.86. The Bertz CT molecular complexity index is 537. The zero-order valence-corrected chi connectivity index (χ0v) is 12.8. The van der Waals surface area contributed by atoms with Crippen LogP contribution in [0, 0.1) is 5.92 Å². The molecule has 2 rings (SSSR count). The Morgan fingerprint density at radius 2 is 1.57 bits per heavy atom. The highest BCUT2D eigenvalue weighted by atomic mass is 16.5. The number of rotatable bonds is 6. The molecule has 0 fully saturated rings. The number of methoxy groups -OCH3 is 1. The molecule has 0 heterocycles. The summed E-state index contributed by atoms with van der Waals surface area (Å²) < 4.78 is 5.18. The van der Waals surface area contributed by atoms with Crippen molar-refractivity contribution in [2.45, 2.75) is 26.0 Å². The van der Waals surface area contributed by atoms with Crippen molar-refractivity contribution in [3.05, 3.63) is 60.2 Å². The van der Waals surface area contributed by atoms with Gasteiger partial charge in [-0.05, 0) is 36.8 Å². The number of benzene rings is 2. The van der Waals surface area contributed by atoms with Crippen LogP contribution in [0.1, 0.15) is 25.5 Å². The first-order chi connectivity index (χ1) is 10.1. The molecule has 0 spiro atoms. The third-order valence-corrected chi connectivity index (χ3v) is 3.86. The SMILES string of the molecule is COc1ccc(N[C@H](c2ccccc2)[C@H](C)[C@@H](C)O)cc1. The van der Waals surface area contributed by atoms with Gasteiger partial charge in [0.1, 0.15) is 5.75 Å². The number of aliphatic hydroxyl groups is 1. The molecule has 0 aromatic heterocycles. The number of hydrogen-bond acceptors (Lipinski definition) is 3. The molecule has 2 aromatic carbocycles. The Balaban J connectivity index is 2.23. The van der Waals surface area contributed by atoms with Crippen molar-refractivity contribution in [2.75, 3.05) is 12.4 Å². The van der Waals surface area contributed by atoms with Gasteiger partial charge in [0, 0.05) is 11.6 Å². The highest BCUT2D eigenvalue weighted by Crippen LogP contribution is 2.29. The average Bonchev–Trinajstić information content (AvgIpc) is 2.53. The summed E-state index contributed by atoms with van der Waals surface area (Å²) in [7, 11) is 1.66. The maximum atomic E-state index is 9.95. The number of nitrogens with one attached hydrogen (secondary N) is 1. The Labute approximate surface area is 126 Å². The molecule has 0 aliphatic heterocycles. The van der Waals surface area contributed by atoms with E-state index in [2.05, 4.69) is 24.4 Å². The van der Waals surface area contributed by atoms with E-state index in [1.165, 1.54) is 5.56 Å². The summed E-state index contributed by atoms with van der Waals surface area (Å²) in [6.07, 6.45) is -0.388. The molecule has 0 aliphatic rings. The molecular formula is C18H23NO2. The van der Waals surface area contributed by atoms with Crippen LogP contribution in [0.15, 0.2) is 54.6 Å². The van der Waals surface area contributed by atoms with E-state index in [0.29, 0.717) is 0 Å². The van der Waals surface area contributed by atoms with E-state index in [4.69, 9.17) is 4.74 Å². The minimum atomic E-state index is -0.388. The predicted octanol–water partition coefficient (Wildman–Crippen LogP) is 3.87. The van der Waals surface area contributed by atoms with Crippen LogP contribution < -0.4 is 10.1 Å². The fourth-order valence-corrected chi connectivity index (χ4v) is 2.32. The molecule has 21 heavy (non-hydrogen) atoms. The zero-order valence-electron chi connectivity index (χ0n) is 12.8. The van der Waals surface area contributed by atoms with Gasteiger partial charge in [0.2, 0.25) is 0 Å². The van der Waals surface area contributed by atoms with Gasteiger partial charge < -0.3 is 15.2 Å². The first kappa shape index (κ1) is 15.4. The minimum absolute atomic E-state index is 0.0552. The van der Waals surface area contributed by atoms with Crippen LogP contribution in [0.25, 0.3) is 0 Å². The van der Waals surface area contributed by atoms with E-state index in [0.717, 1.165) is 11.4 Å². The fraction of sp³-hybridized carbons (Fsp3) is 0.333. The van der Waals surface area contributed by atoms with Crippen molar-refractivity contribution < 1.29 is 9.84 Å². The van der Waals surface area contributed by atoms with Crippen molar-refractivity contribution in [2.24, 2.45) is 5.92 Å². The van der Waals surface area contributed by atoms with Gasteiger partial charge in [0.15, 0.2) is 0 Å². The Morgan fingerprint density at radius 1 is 0.952 bits per heavy atom. The molecule has 112 valence electrons. The lowest BCUT2D eigenvalue weighted by atomic mass is 9.90. The van der Waals surface area contributed by atoms with Crippen LogP contribution in [0.4, 0.5) is 5.69 Å². The molecule has 3 heteroatoms. The van der Waals surface area contributed by atoms with Gasteiger partial charge in [-0.2, -0.15) is 0 Å². The second-order valence-electron chi connectivity index (χ2n) is 5.36. The van der Waals surface area contributed by atoms with Crippen LogP contribution in [-0.4, -0.2) is 18.3 Å². The summed E-state index contributed by atoms with van der Waals surface area (Å²) in [6, 6.07) is 18.1. The number of ether oxygens (including phenoxy) is 1. The Kier molecular flexibility index (Phi) is 5.23. The smallest absolute Gasteiger partial charge is 0.119 e. The summed E-state index contributed by atoms with van der Waals surface area (Å²) in [5.41, 5.74) is 2.18. The van der Waals surface area contributed by atoms with Crippen molar-refractivity contribution in [1.29, 1.82) is 0 Å². The lowest BCUT2D eigenvalue weighted by Gasteiger charge is -2.28. The summed E-state index contributed by atoms with van der Waals surface area (Å²) in [5.74, 6) is 0.926. The van der Waals surface area contributed by atoms with E-state index in [-0.39, 0.29) is 18.1 Å². The fourth-order valence-electron chi connectivity index (χ4n) is 2.32. The van der Waals surface area contributed by atoms with Crippen LogP contribution in [-0.2, 0) is 0 Å². The molecule has 0 aliphatic carbocycles. The number of aliphatic hydroxyl groups excluding tert-OH is 1. The van der Waals surface area contributed by atoms with Gasteiger partial charge in [-0.15, -0.1) is 0 Å². The van der Waals surface area contributed by atoms with Crippen molar-refractivity contribution in [3.63, 3.8) is 0 Å². The highest BCUT2D eigenvalue weighted by molar-refractivity contribution is 5.48. The molecule has 0 bridgehead atoms. The Morgan fingerprint density at radius 3 is 2.10 bits per heavy atom. The molecule has 0 unspecified atom stereocenters. The van der Waals surface area contributed by atoms with Crippen LogP contribution >= 0.6 is 0 Å². The molecule has 2 N–H and O–H groups in total. The van der Waals surface area contributed by atoms with Gasteiger partial charge in [0.05, 0.1) is 19.3 Å². The maximum absolute atomic E-state index is 9.95. The summed E-state index contributed by atoms with van der Waals surface area (Å²) in [5, 5.41) is 13.5. The lowest BCUT2D eigenvalue weighted by molar-refractivity contribution is 0.124. The van der Waals surface area contributed by atoms with Gasteiger partial charge in [0.25, 0.3) is 0 Å². The first-order valence-electron chi connectivity index (χ1n) is 7.25. The second kappa shape index (κ2) is 7.14. The summed E-state index contributed by atoms with van der Waals surface area (Å²) >= 11 is 0. The van der Waals surface area contributed by atoms with Gasteiger partial charge in [-0.1, -0.05) is 37.3 Å². The molecule has 2 aromatic rings. The lowest BCUT2D eigenvalue weighted by Crippen LogP contribution is -2.26. The van der Waals surface area contributed by atoms with E-state index >= 15 is 0 Å². The molecule has 3 atom stereocenters. The molecular weight excluding hydrogens is 262 g/mol. The van der Waals surface area contributed by atoms with Crippen LogP contribution in [0.5, 0.6) is 5.75 Å². The second-order valence-corrected chi connectivity index (χ2v) is 5.36. The van der Waals surface area contributed by atoms with E-state index < -0.39 is 0 Å². The number of hydrogen-bond donors (Lipinski definition) is 2. The van der Waals surface area contributed by atoms with Crippen LogP contribution in [0.2, 0.25) is 0 Å². The third kappa shape index (κ3) is 3.99. The molecule has 0 saturated carbocycles. The van der Waals surface area contributed by atoms with Crippen LogP contribution in [0.3, 0.4) is 0 Å². The zero-order chi connectivity index (χ0) is 15.2. The number of anilines is 1. The highest BCUT2D eigenvalue weighted by Gasteiger charge is 2.23. The first-order valence-corrected chi connectivity index (χ1v) is 7.25. The minimum Gasteiger partial charge on any atom is -0.497 e. The van der Waals surface area contributed by atoms with Gasteiger partial charge in [-0.3, -0.25) is 0 Å². The van der Waals surface area contributed by atoms with E-state index in [9.17, 15) is 5.11 Å². The Hall–Kier alpha value is -2.00. The largest absolute Gasteiger partial charge is 0.497 e. The van der Waals surface area contributed by atoms with Crippen molar-refractivity contribution >= 4 is 5.69 Å². The normalized spacial score (nSPS) is 15.0. The van der Waals surface area contributed by atoms with Crippen molar-refractivity contribution in [3.8, 4) is 5.75 Å². The van der Waals surface area contributed by atoms with Gasteiger partial charge >= 0.3 is 0 Å². The molecule has 0 saturated heterocycles. The van der Waals surface area contributed by atoms with E-state index in [1.807, 2.05) is 49.4 Å². The standard InChI is InChI=1S/C18H23NO2/c1-13(14(2)20)18(15-7-5-4-6-8-15)19-16-9-11-17(21-3)12-10-16/h4-14,18-20H,1-3H3/t13-,14-,18+/m1/s1. The monoisotopic (exact) mass is 285 g/mol. The van der Waals surface area contributed by atoms with Gasteiger partial charge in [-0.25, -0.2) is 0 Å². The topological polar surface area (TPSA) is 41.5 Å². The molecule has 3 nitrogen and oxygen atoms in total. The maximum Gasteiger partial charge on any atom is 0.119 e. The molecule has 0 amide bonds. The summed E-state index contributed by atoms with van der Waals surface area (Å²) in [6.45, 7) is 3.88. The van der Waals surface area contributed by atoms with E-state index in [1.54, 1.807) is 7.11 Å². The summed E-state index contributed by atoms with van der Waals surface area (Å²) in [4.78, 5) is 0. The average molecular weight is 285 g/mol. The van der Waals surface area contributed by atoms with Crippen molar-refractivity contribution in [1.82, 2.24) is 0 Å².